The van der Waals surface area contributed by atoms with Crippen molar-refractivity contribution in [3.05, 3.63) is 23.8 Å². The minimum Gasteiger partial charge on any atom is -0.389 e. The maximum absolute atomic E-state index is 12.3. The fraction of sp³-hybridized carbons (Fsp3) is 0.727. The largest absolute Gasteiger partial charge is 0.389 e. The molecule has 4 aliphatic rings. The average molecular weight is 342 g/mol. The van der Waals surface area contributed by atoms with Crippen LogP contribution < -0.4 is 0 Å². The fourth-order valence-corrected chi connectivity index (χ4v) is 7.25. The Hall–Kier alpha value is -1.22. The summed E-state index contributed by atoms with van der Waals surface area (Å²) in [6, 6.07) is 0. The molecule has 0 spiro atoms. The van der Waals surface area contributed by atoms with Crippen molar-refractivity contribution in [1.82, 2.24) is 0 Å². The maximum Gasteiger partial charge on any atom is 0.178 e. The van der Waals surface area contributed by atoms with E-state index in [1.54, 1.807) is 6.08 Å². The van der Waals surface area contributed by atoms with E-state index in [0.29, 0.717) is 23.7 Å². The number of hydrogen-bond acceptors (Lipinski definition) is 3. The number of Topliss-reactive ketones (excluding diaryl/α,β-unsaturated/α-hetero) is 1. The van der Waals surface area contributed by atoms with Gasteiger partial charge in [0.05, 0.1) is 0 Å². The highest BCUT2D eigenvalue weighted by atomic mass is 16.3. The van der Waals surface area contributed by atoms with Crippen molar-refractivity contribution in [2.24, 2.45) is 40.4 Å². The lowest BCUT2D eigenvalue weighted by Crippen LogP contribution is -2.52. The Balaban J connectivity index is 1.70. The van der Waals surface area contributed by atoms with Gasteiger partial charge >= 0.3 is 0 Å². The van der Waals surface area contributed by atoms with Crippen molar-refractivity contribution in [3.8, 4) is 0 Å². The predicted octanol–water partition coefficient (Wildman–Crippen LogP) is 3.72. The molecule has 25 heavy (non-hydrogen) atoms. The topological polar surface area (TPSA) is 54.4 Å². The van der Waals surface area contributed by atoms with Crippen LogP contribution in [0.1, 0.15) is 52.9 Å². The lowest BCUT2D eigenvalue weighted by Gasteiger charge is -2.58. The summed E-state index contributed by atoms with van der Waals surface area (Å²) < 4.78 is 0. The lowest BCUT2D eigenvalue weighted by molar-refractivity contribution is -0.132. The lowest BCUT2D eigenvalue weighted by atomic mass is 9.46. The second kappa shape index (κ2) is 5.64. The summed E-state index contributed by atoms with van der Waals surface area (Å²) in [6.07, 6.45) is 11.2. The number of carbonyl (C=O) groups is 2. The van der Waals surface area contributed by atoms with Crippen molar-refractivity contribution in [1.29, 1.82) is 0 Å². The third-order valence-corrected chi connectivity index (χ3v) is 8.42. The molecular formula is C22H30O3. The summed E-state index contributed by atoms with van der Waals surface area (Å²) in [5, 5.41) is 9.40. The van der Waals surface area contributed by atoms with Crippen molar-refractivity contribution < 1.29 is 14.7 Å². The number of ketones is 2. The third kappa shape index (κ3) is 2.27. The molecule has 3 nitrogen and oxygen atoms in total. The van der Waals surface area contributed by atoms with E-state index < -0.39 is 0 Å². The molecule has 3 heteroatoms. The monoisotopic (exact) mass is 342 g/mol. The van der Waals surface area contributed by atoms with Crippen LogP contribution in [-0.2, 0) is 9.59 Å². The average Bonchev–Trinajstić information content (AvgIpc) is 2.93. The molecule has 0 aromatic heterocycles. The first-order chi connectivity index (χ1) is 11.8. The quantitative estimate of drug-likeness (QED) is 0.832. The molecule has 7 atom stereocenters. The molecular weight excluding hydrogens is 312 g/mol. The van der Waals surface area contributed by atoms with Gasteiger partial charge in [-0.3, -0.25) is 9.59 Å². The number of hydrogen-bond donors (Lipinski definition) is 1. The van der Waals surface area contributed by atoms with Gasteiger partial charge in [0.2, 0.25) is 0 Å². The Kier molecular flexibility index (Phi) is 3.88. The van der Waals surface area contributed by atoms with Crippen LogP contribution in [0, 0.1) is 40.4 Å². The molecule has 0 radical (unpaired) electrons. The molecule has 0 heterocycles. The minimum absolute atomic E-state index is 0.00333. The second-order valence-electron chi connectivity index (χ2n) is 9.43. The molecule has 0 bridgehead atoms. The van der Waals surface area contributed by atoms with Crippen LogP contribution in [0.25, 0.3) is 0 Å². The molecule has 1 N–H and O–H groups in total. The number of carbonyl (C=O) groups excluding carboxylic acids is 2. The van der Waals surface area contributed by atoms with E-state index >= 15 is 0 Å². The Labute approximate surface area is 150 Å². The fourth-order valence-electron chi connectivity index (χ4n) is 7.25. The third-order valence-electron chi connectivity index (χ3n) is 8.42. The molecule has 0 aliphatic heterocycles. The van der Waals surface area contributed by atoms with E-state index in [4.69, 9.17) is 0 Å². The Bertz CT molecular complexity index is 675. The van der Waals surface area contributed by atoms with Gasteiger partial charge in [-0.15, -0.1) is 0 Å². The summed E-state index contributed by atoms with van der Waals surface area (Å²) in [5.74, 6) is 2.39. The van der Waals surface area contributed by atoms with E-state index in [1.807, 2.05) is 6.08 Å². The van der Waals surface area contributed by atoms with Gasteiger partial charge in [-0.1, -0.05) is 32.4 Å². The first-order valence-electron chi connectivity index (χ1n) is 9.90. The Morgan fingerprint density at radius 2 is 2.00 bits per heavy atom. The first-order valence-corrected chi connectivity index (χ1v) is 9.90. The van der Waals surface area contributed by atoms with Gasteiger partial charge in [-0.05, 0) is 73.3 Å². The van der Waals surface area contributed by atoms with E-state index in [9.17, 15) is 14.7 Å². The molecule has 0 amide bonds. The molecule has 0 unspecified atom stereocenters. The number of allylic oxidation sites excluding steroid dienone is 4. The zero-order chi connectivity index (χ0) is 18.0. The van der Waals surface area contributed by atoms with Crippen molar-refractivity contribution in [2.75, 3.05) is 6.61 Å². The molecule has 0 aromatic carbocycles. The zero-order valence-corrected chi connectivity index (χ0v) is 15.6. The van der Waals surface area contributed by atoms with Crippen molar-refractivity contribution >= 4 is 11.6 Å². The van der Waals surface area contributed by atoms with Crippen LogP contribution in [0.5, 0.6) is 0 Å². The van der Waals surface area contributed by atoms with Gasteiger partial charge in [-0.25, -0.2) is 0 Å². The van der Waals surface area contributed by atoms with Gasteiger partial charge in [0.1, 0.15) is 6.61 Å². The summed E-state index contributed by atoms with van der Waals surface area (Å²) in [4.78, 5) is 24.2. The van der Waals surface area contributed by atoms with Crippen molar-refractivity contribution in [2.45, 2.75) is 52.9 Å². The minimum atomic E-state index is -0.313. The van der Waals surface area contributed by atoms with Crippen LogP contribution in [0.3, 0.4) is 0 Å². The highest BCUT2D eigenvalue weighted by Crippen LogP contribution is 2.66. The number of fused-ring (bicyclic) bond motifs is 5. The highest BCUT2D eigenvalue weighted by Gasteiger charge is 2.60. The summed E-state index contributed by atoms with van der Waals surface area (Å²) >= 11 is 0. The maximum atomic E-state index is 12.3. The molecule has 3 fully saturated rings. The Morgan fingerprint density at radius 3 is 2.72 bits per heavy atom. The summed E-state index contributed by atoms with van der Waals surface area (Å²) in [6.45, 7) is 6.58. The molecule has 4 rings (SSSR count). The van der Waals surface area contributed by atoms with Crippen molar-refractivity contribution in [3.63, 3.8) is 0 Å². The van der Waals surface area contributed by atoms with E-state index in [-0.39, 0.29) is 34.9 Å². The Morgan fingerprint density at radius 1 is 1.24 bits per heavy atom. The SMILES string of the molecule is C[C@H]1C[C@H]2[C@@H]3CC[C@H](C(=O)CO)[C@@]3(C)CC[C@@H]2[C@@]2(C)C=CC(=O)C=C12. The number of aliphatic hydroxyl groups excluding tert-OH is 1. The predicted molar refractivity (Wildman–Crippen MR) is 96.7 cm³/mol. The van der Waals surface area contributed by atoms with Crippen LogP contribution in [0.15, 0.2) is 23.8 Å². The van der Waals surface area contributed by atoms with Gasteiger partial charge in [-0.2, -0.15) is 0 Å². The normalized spacial score (nSPS) is 48.4. The first kappa shape index (κ1) is 17.2. The van der Waals surface area contributed by atoms with E-state index in [0.717, 1.165) is 32.1 Å². The van der Waals surface area contributed by atoms with Gasteiger partial charge in [0.15, 0.2) is 11.6 Å². The van der Waals surface area contributed by atoms with Gasteiger partial charge in [0, 0.05) is 11.3 Å². The molecule has 136 valence electrons. The van der Waals surface area contributed by atoms with E-state index in [2.05, 4.69) is 26.8 Å². The molecule has 3 saturated carbocycles. The highest BCUT2D eigenvalue weighted by molar-refractivity contribution is 6.01. The van der Waals surface area contributed by atoms with Crippen LogP contribution in [0.2, 0.25) is 0 Å². The molecule has 0 saturated heterocycles. The van der Waals surface area contributed by atoms with Crippen LogP contribution in [0.4, 0.5) is 0 Å². The smallest absolute Gasteiger partial charge is 0.178 e. The van der Waals surface area contributed by atoms with Crippen LogP contribution in [-0.4, -0.2) is 23.3 Å². The number of aliphatic hydroxyl groups is 1. The summed E-state index contributed by atoms with van der Waals surface area (Å²) in [7, 11) is 0. The van der Waals surface area contributed by atoms with Crippen LogP contribution >= 0.6 is 0 Å². The molecule has 4 aliphatic carbocycles. The zero-order valence-electron chi connectivity index (χ0n) is 15.6. The number of rotatable bonds is 2. The van der Waals surface area contributed by atoms with E-state index in [1.165, 1.54) is 5.57 Å². The summed E-state index contributed by atoms with van der Waals surface area (Å²) in [5.41, 5.74) is 1.37. The standard InChI is InChI=1S/C22H30O3/c1-13-10-15-16-4-5-18(20(25)12-23)21(16,2)9-7-17(15)22(3)8-6-14(24)11-19(13)22/h6,8,11,13,15-18,23H,4-5,7,9-10,12H2,1-3H3/t13-,15-,16-,17-,18+,21-,22+/m0/s1. The second-order valence-corrected chi connectivity index (χ2v) is 9.43. The van der Waals surface area contributed by atoms with Gasteiger partial charge < -0.3 is 5.11 Å². The van der Waals surface area contributed by atoms with Gasteiger partial charge in [0.25, 0.3) is 0 Å². The molecule has 0 aromatic rings.